The maximum absolute atomic E-state index is 10.3. The van der Waals surface area contributed by atoms with Crippen molar-refractivity contribution in [1.29, 1.82) is 21.2 Å². The molecule has 3 fully saturated rings. The van der Waals surface area contributed by atoms with Crippen molar-refractivity contribution in [2.45, 2.75) is 63.8 Å². The lowest BCUT2D eigenvalue weighted by atomic mass is 9.51. The molecule has 1 aliphatic carbocycles. The van der Waals surface area contributed by atoms with Crippen molar-refractivity contribution >= 4 is 5.90 Å². The average Bonchev–Trinajstić information content (AvgIpc) is 2.92. The Hall–Kier alpha value is -2.88. The van der Waals surface area contributed by atoms with Crippen LogP contribution >= 0.6 is 0 Å². The Bertz CT molecular complexity index is 974. The fourth-order valence-electron chi connectivity index (χ4n) is 5.32. The predicted octanol–water partition coefficient (Wildman–Crippen LogP) is 4.49. The highest BCUT2D eigenvalue weighted by molar-refractivity contribution is 5.89. The van der Waals surface area contributed by atoms with Gasteiger partial charge in [0, 0.05) is 6.42 Å². The van der Waals surface area contributed by atoms with Gasteiger partial charge in [-0.05, 0) is 29.4 Å². The molecule has 29 heavy (non-hydrogen) atoms. The van der Waals surface area contributed by atoms with Gasteiger partial charge in [-0.1, -0.05) is 51.5 Å². The summed E-state index contributed by atoms with van der Waals surface area (Å²) < 4.78 is 12.3. The topological polar surface area (TPSA) is 114 Å². The molecule has 2 heterocycles. The number of hydrogen-bond donors (Lipinski definition) is 1. The van der Waals surface area contributed by atoms with E-state index in [-0.39, 0.29) is 11.3 Å². The third kappa shape index (κ3) is 2.26. The molecule has 1 N–H and O–H groups in total. The van der Waals surface area contributed by atoms with E-state index in [1.165, 1.54) is 0 Å². The lowest BCUT2D eigenvalue weighted by Gasteiger charge is -2.51. The zero-order valence-corrected chi connectivity index (χ0v) is 17.0. The van der Waals surface area contributed by atoms with Gasteiger partial charge in [-0.15, -0.1) is 0 Å². The summed E-state index contributed by atoms with van der Waals surface area (Å²) in [4.78, 5) is 0. The summed E-state index contributed by atoms with van der Waals surface area (Å²) in [5.74, 6) is -1.91. The third-order valence-electron chi connectivity index (χ3n) is 6.90. The van der Waals surface area contributed by atoms with Crippen LogP contribution in [0, 0.1) is 56.2 Å². The molecule has 2 aliphatic heterocycles. The van der Waals surface area contributed by atoms with Crippen LogP contribution in [0.1, 0.15) is 63.7 Å². The van der Waals surface area contributed by atoms with Crippen molar-refractivity contribution in [1.82, 2.24) is 0 Å². The van der Waals surface area contributed by atoms with Gasteiger partial charge < -0.3 is 9.47 Å². The van der Waals surface area contributed by atoms with Crippen molar-refractivity contribution in [2.24, 2.45) is 16.7 Å². The zero-order valence-electron chi connectivity index (χ0n) is 17.0. The molecular weight excluding hydrogens is 364 g/mol. The molecule has 2 bridgehead atoms. The second-order valence-electron chi connectivity index (χ2n) is 9.36. The fraction of sp³-hybridized carbons (Fsp3) is 0.565. The van der Waals surface area contributed by atoms with Crippen LogP contribution in [0.4, 0.5) is 0 Å². The molecule has 3 aliphatic rings. The van der Waals surface area contributed by atoms with Crippen LogP contribution < -0.4 is 0 Å². The molecule has 0 aromatic heterocycles. The highest BCUT2D eigenvalue weighted by Crippen LogP contribution is 2.69. The van der Waals surface area contributed by atoms with Crippen molar-refractivity contribution in [3.8, 4) is 18.2 Å². The van der Waals surface area contributed by atoms with Gasteiger partial charge in [-0.2, -0.15) is 15.8 Å². The smallest absolute Gasteiger partial charge is 0.217 e. The van der Waals surface area contributed by atoms with Gasteiger partial charge in [0.1, 0.15) is 6.10 Å². The number of nitrogens with zero attached hydrogens (tertiary/aromatic N) is 3. The van der Waals surface area contributed by atoms with Crippen LogP contribution in [-0.2, 0) is 14.9 Å². The van der Waals surface area contributed by atoms with Gasteiger partial charge in [0.2, 0.25) is 17.1 Å². The summed E-state index contributed by atoms with van der Waals surface area (Å²) in [5, 5.41) is 39.2. The van der Waals surface area contributed by atoms with E-state index in [2.05, 4.69) is 39.0 Å². The lowest BCUT2D eigenvalue weighted by Crippen LogP contribution is -2.60. The SMILES string of the molecule is CC(C)(C)c1ccc(C2OC34CCCCC3C(C#N)(C(=N)O4)C2(C#N)C#N)cc1. The quantitative estimate of drug-likeness (QED) is 0.761. The highest BCUT2D eigenvalue weighted by Gasteiger charge is 2.80. The van der Waals surface area contributed by atoms with Crippen LogP contribution in [0.25, 0.3) is 0 Å². The second kappa shape index (κ2) is 6.06. The normalized spacial score (nSPS) is 34.8. The fourth-order valence-corrected chi connectivity index (χ4v) is 5.32. The molecular formula is C23H24N4O2. The molecule has 0 amide bonds. The van der Waals surface area contributed by atoms with E-state index in [0.29, 0.717) is 18.4 Å². The Kier molecular flexibility index (Phi) is 4.06. The Morgan fingerprint density at radius 3 is 2.24 bits per heavy atom. The minimum atomic E-state index is -1.86. The predicted molar refractivity (Wildman–Crippen MR) is 104 cm³/mol. The largest absolute Gasteiger partial charge is 0.447 e. The van der Waals surface area contributed by atoms with Gasteiger partial charge in [-0.3, -0.25) is 5.41 Å². The molecule has 0 radical (unpaired) electrons. The monoisotopic (exact) mass is 388 g/mol. The van der Waals surface area contributed by atoms with Crippen molar-refractivity contribution in [3.63, 3.8) is 0 Å². The summed E-state index contributed by atoms with van der Waals surface area (Å²) in [7, 11) is 0. The minimum absolute atomic E-state index is 0.0429. The molecule has 4 atom stereocenters. The van der Waals surface area contributed by atoms with Crippen LogP contribution in [0.2, 0.25) is 0 Å². The maximum atomic E-state index is 10.3. The zero-order chi connectivity index (χ0) is 21.1. The number of ether oxygens (including phenoxy) is 2. The summed E-state index contributed by atoms with van der Waals surface area (Å²) in [6.45, 7) is 6.33. The van der Waals surface area contributed by atoms with Gasteiger partial charge in [0.25, 0.3) is 0 Å². The molecule has 4 unspecified atom stereocenters. The van der Waals surface area contributed by atoms with Crippen LogP contribution in [-0.4, -0.2) is 11.7 Å². The van der Waals surface area contributed by atoms with Crippen LogP contribution in [0.5, 0.6) is 0 Å². The highest BCUT2D eigenvalue weighted by atomic mass is 16.7. The average molecular weight is 388 g/mol. The Morgan fingerprint density at radius 1 is 1.03 bits per heavy atom. The number of nitrogens with one attached hydrogen (secondary N) is 1. The van der Waals surface area contributed by atoms with Crippen molar-refractivity contribution in [3.05, 3.63) is 35.4 Å². The molecule has 148 valence electrons. The summed E-state index contributed by atoms with van der Waals surface area (Å²) in [6.07, 6.45) is 1.88. The Balaban J connectivity index is 1.92. The molecule has 1 saturated carbocycles. The van der Waals surface area contributed by atoms with Gasteiger partial charge in [-0.25, -0.2) is 0 Å². The first-order chi connectivity index (χ1) is 13.7. The summed E-state index contributed by atoms with van der Waals surface area (Å²) in [6, 6.07) is 14.1. The van der Waals surface area contributed by atoms with E-state index in [1.54, 1.807) is 0 Å². The van der Waals surface area contributed by atoms with E-state index in [4.69, 9.17) is 14.9 Å². The summed E-state index contributed by atoms with van der Waals surface area (Å²) >= 11 is 0. The number of rotatable bonds is 1. The van der Waals surface area contributed by atoms with Crippen molar-refractivity contribution in [2.75, 3.05) is 0 Å². The van der Waals surface area contributed by atoms with E-state index in [1.807, 2.05) is 24.3 Å². The Morgan fingerprint density at radius 2 is 1.69 bits per heavy atom. The molecule has 2 saturated heterocycles. The van der Waals surface area contributed by atoms with Crippen LogP contribution in [0.3, 0.4) is 0 Å². The van der Waals surface area contributed by atoms with Gasteiger partial charge in [0.15, 0.2) is 5.41 Å². The number of nitriles is 3. The third-order valence-corrected chi connectivity index (χ3v) is 6.90. The standard InChI is InChI=1S/C23H24N4O2/c1-20(2,3)16-9-7-15(8-10-16)18-21(12-24,13-25)22(14-26)17-6-4-5-11-23(17,28-18)29-19(22)27/h7-10,17-18,27H,4-6,11H2,1-3H3. The molecule has 1 aromatic rings. The number of hydrogen-bond acceptors (Lipinski definition) is 6. The first-order valence-corrected chi connectivity index (χ1v) is 10.0. The minimum Gasteiger partial charge on any atom is -0.447 e. The maximum Gasteiger partial charge on any atom is 0.217 e. The second-order valence-corrected chi connectivity index (χ2v) is 9.36. The summed E-state index contributed by atoms with van der Waals surface area (Å²) in [5.41, 5.74) is -1.76. The molecule has 6 heteroatoms. The van der Waals surface area contributed by atoms with Gasteiger partial charge >= 0.3 is 0 Å². The van der Waals surface area contributed by atoms with E-state index in [0.717, 1.165) is 18.4 Å². The van der Waals surface area contributed by atoms with Gasteiger partial charge in [0.05, 0.1) is 24.1 Å². The van der Waals surface area contributed by atoms with Crippen molar-refractivity contribution < 1.29 is 9.47 Å². The molecule has 4 rings (SSSR count). The first kappa shape index (κ1) is 19.4. The van der Waals surface area contributed by atoms with E-state index >= 15 is 0 Å². The van der Waals surface area contributed by atoms with Crippen LogP contribution in [0.15, 0.2) is 24.3 Å². The molecule has 0 spiro atoms. The first-order valence-electron chi connectivity index (χ1n) is 10.0. The lowest BCUT2D eigenvalue weighted by molar-refractivity contribution is -0.294. The number of benzene rings is 1. The molecule has 6 nitrogen and oxygen atoms in total. The Labute approximate surface area is 171 Å². The molecule has 1 aromatic carbocycles. The van der Waals surface area contributed by atoms with E-state index in [9.17, 15) is 15.8 Å². The van der Waals surface area contributed by atoms with E-state index < -0.39 is 28.6 Å².